The average Bonchev–Trinajstić information content (AvgIpc) is 2.91. The first kappa shape index (κ1) is 13.8. The molecular weight excluding hydrogens is 242 g/mol. The number of nitrogens with zero attached hydrogens (tertiary/aromatic N) is 2. The number of hydrogen-bond acceptors (Lipinski definition) is 5. The maximum absolute atomic E-state index is 12.0. The number of carbonyl (C=O) groups is 1. The predicted octanol–water partition coefficient (Wildman–Crippen LogP) is 0.501. The summed E-state index contributed by atoms with van der Waals surface area (Å²) in [7, 11) is 0. The molecule has 104 valence electrons. The van der Waals surface area contributed by atoms with Gasteiger partial charge in [-0.1, -0.05) is 0 Å². The Morgan fingerprint density at radius 2 is 2.16 bits per heavy atom. The minimum atomic E-state index is -0.0822. The Labute approximate surface area is 113 Å². The molecule has 1 fully saturated rings. The van der Waals surface area contributed by atoms with E-state index in [2.05, 4.69) is 20.6 Å². The van der Waals surface area contributed by atoms with Crippen LogP contribution in [0, 0.1) is 6.92 Å². The number of rotatable bonds is 5. The zero-order valence-electron chi connectivity index (χ0n) is 11.3. The lowest BCUT2D eigenvalue weighted by Crippen LogP contribution is -2.33. The molecule has 1 aliphatic rings. The van der Waals surface area contributed by atoms with Crippen molar-refractivity contribution in [3.05, 3.63) is 23.4 Å². The zero-order valence-corrected chi connectivity index (χ0v) is 11.3. The second-order valence-electron chi connectivity index (χ2n) is 4.83. The molecule has 0 radical (unpaired) electrons. The van der Waals surface area contributed by atoms with E-state index < -0.39 is 0 Å². The first-order valence-electron chi connectivity index (χ1n) is 6.65. The van der Waals surface area contributed by atoms with Gasteiger partial charge in [0, 0.05) is 24.3 Å². The van der Waals surface area contributed by atoms with Crippen LogP contribution >= 0.6 is 0 Å². The van der Waals surface area contributed by atoms with E-state index >= 15 is 0 Å². The van der Waals surface area contributed by atoms with Gasteiger partial charge in [-0.2, -0.15) is 0 Å². The molecule has 0 unspecified atom stereocenters. The zero-order chi connectivity index (χ0) is 13.7. The highest BCUT2D eigenvalue weighted by atomic mass is 16.1. The summed E-state index contributed by atoms with van der Waals surface area (Å²) >= 11 is 0. The van der Waals surface area contributed by atoms with E-state index in [1.807, 2.05) is 6.92 Å². The number of aromatic nitrogens is 1. The second kappa shape index (κ2) is 6.49. The van der Waals surface area contributed by atoms with Gasteiger partial charge in [-0.15, -0.1) is 0 Å². The van der Waals surface area contributed by atoms with Gasteiger partial charge in [0.2, 0.25) is 0 Å². The van der Waals surface area contributed by atoms with Crippen LogP contribution in [0.15, 0.2) is 12.1 Å². The quantitative estimate of drug-likeness (QED) is 0.532. The molecule has 0 aromatic carbocycles. The lowest BCUT2D eigenvalue weighted by Gasteiger charge is -2.14. The Kier molecular flexibility index (Phi) is 4.70. The minimum Gasteiger partial charge on any atom is -0.351 e. The maximum atomic E-state index is 12.0. The lowest BCUT2D eigenvalue weighted by molar-refractivity contribution is 0.0949. The number of likely N-dealkylation sites (tertiary alicyclic amines) is 1. The van der Waals surface area contributed by atoms with Gasteiger partial charge in [-0.05, 0) is 45.0 Å². The average molecular weight is 263 g/mol. The smallest absolute Gasteiger partial charge is 0.251 e. The number of hydrogen-bond donors (Lipinski definition) is 3. The standard InChI is InChI=1S/C13H21N5O/c1-10-8-11(9-12(16-10)17-14)13(19)15-4-7-18-5-2-3-6-18/h8-9H,2-7,14H2,1H3,(H,15,19)(H,16,17). The van der Waals surface area contributed by atoms with E-state index in [1.54, 1.807) is 12.1 Å². The Bertz CT molecular complexity index is 443. The van der Waals surface area contributed by atoms with Crippen molar-refractivity contribution in [3.63, 3.8) is 0 Å². The number of nitrogens with two attached hydrogens (primary N) is 1. The number of hydrazine groups is 1. The molecule has 0 saturated carbocycles. The molecule has 0 atom stereocenters. The van der Waals surface area contributed by atoms with Crippen molar-refractivity contribution >= 4 is 11.7 Å². The predicted molar refractivity (Wildman–Crippen MR) is 74.8 cm³/mol. The van der Waals surface area contributed by atoms with E-state index in [0.29, 0.717) is 17.9 Å². The molecule has 0 spiro atoms. The van der Waals surface area contributed by atoms with Crippen molar-refractivity contribution < 1.29 is 4.79 Å². The van der Waals surface area contributed by atoms with Crippen LogP contribution in [0.2, 0.25) is 0 Å². The fourth-order valence-electron chi connectivity index (χ4n) is 2.31. The Hall–Kier alpha value is -1.66. The van der Waals surface area contributed by atoms with E-state index in [-0.39, 0.29) is 5.91 Å². The van der Waals surface area contributed by atoms with Crippen LogP contribution in [0.3, 0.4) is 0 Å². The molecule has 0 bridgehead atoms. The van der Waals surface area contributed by atoms with Crippen LogP contribution < -0.4 is 16.6 Å². The van der Waals surface area contributed by atoms with Crippen LogP contribution in [0.1, 0.15) is 28.9 Å². The third kappa shape index (κ3) is 3.90. The summed E-state index contributed by atoms with van der Waals surface area (Å²) < 4.78 is 0. The number of nitrogens with one attached hydrogen (secondary N) is 2. The molecule has 2 rings (SSSR count). The molecule has 6 heteroatoms. The Morgan fingerprint density at radius 1 is 1.42 bits per heavy atom. The molecule has 0 aliphatic carbocycles. The van der Waals surface area contributed by atoms with Crippen molar-refractivity contribution in [3.8, 4) is 0 Å². The van der Waals surface area contributed by atoms with Crippen molar-refractivity contribution in [2.45, 2.75) is 19.8 Å². The molecule has 19 heavy (non-hydrogen) atoms. The van der Waals surface area contributed by atoms with Crippen molar-refractivity contribution in [2.24, 2.45) is 5.84 Å². The topological polar surface area (TPSA) is 83.3 Å². The number of pyridine rings is 1. The van der Waals surface area contributed by atoms with E-state index in [1.165, 1.54) is 12.8 Å². The summed E-state index contributed by atoms with van der Waals surface area (Å²) in [5, 5.41) is 2.93. The summed E-state index contributed by atoms with van der Waals surface area (Å²) in [6.07, 6.45) is 2.53. The van der Waals surface area contributed by atoms with E-state index in [0.717, 1.165) is 25.3 Å². The van der Waals surface area contributed by atoms with Gasteiger partial charge in [0.05, 0.1) is 0 Å². The number of carbonyl (C=O) groups excluding carboxylic acids is 1. The van der Waals surface area contributed by atoms with Gasteiger partial charge >= 0.3 is 0 Å². The van der Waals surface area contributed by atoms with Crippen molar-refractivity contribution in [1.82, 2.24) is 15.2 Å². The van der Waals surface area contributed by atoms with Crippen molar-refractivity contribution in [2.75, 3.05) is 31.6 Å². The molecule has 1 amide bonds. The number of aryl methyl sites for hydroxylation is 1. The molecule has 1 aliphatic heterocycles. The molecule has 2 heterocycles. The summed E-state index contributed by atoms with van der Waals surface area (Å²) in [4.78, 5) is 18.5. The minimum absolute atomic E-state index is 0.0822. The monoisotopic (exact) mass is 263 g/mol. The number of anilines is 1. The lowest BCUT2D eigenvalue weighted by atomic mass is 10.2. The molecular formula is C13H21N5O. The maximum Gasteiger partial charge on any atom is 0.251 e. The highest BCUT2D eigenvalue weighted by Gasteiger charge is 2.12. The van der Waals surface area contributed by atoms with Crippen LogP contribution in [0.25, 0.3) is 0 Å². The van der Waals surface area contributed by atoms with E-state index in [9.17, 15) is 4.79 Å². The van der Waals surface area contributed by atoms with E-state index in [4.69, 9.17) is 5.84 Å². The highest BCUT2D eigenvalue weighted by Crippen LogP contribution is 2.09. The summed E-state index contributed by atoms with van der Waals surface area (Å²) in [5.74, 6) is 5.74. The van der Waals surface area contributed by atoms with Crippen LogP contribution in [0.5, 0.6) is 0 Å². The Morgan fingerprint density at radius 3 is 2.84 bits per heavy atom. The summed E-state index contributed by atoms with van der Waals surface area (Å²) in [6, 6.07) is 3.41. The molecule has 1 aromatic heterocycles. The van der Waals surface area contributed by atoms with Gasteiger partial charge in [-0.25, -0.2) is 10.8 Å². The molecule has 4 N–H and O–H groups in total. The molecule has 1 saturated heterocycles. The van der Waals surface area contributed by atoms with Gasteiger partial charge in [0.25, 0.3) is 5.91 Å². The third-order valence-corrected chi connectivity index (χ3v) is 3.28. The first-order valence-corrected chi connectivity index (χ1v) is 6.65. The van der Waals surface area contributed by atoms with Gasteiger partial charge in [0.15, 0.2) is 0 Å². The largest absolute Gasteiger partial charge is 0.351 e. The van der Waals surface area contributed by atoms with Crippen LogP contribution in [-0.4, -0.2) is 42.0 Å². The fraction of sp³-hybridized carbons (Fsp3) is 0.538. The Balaban J connectivity index is 1.86. The van der Waals surface area contributed by atoms with Crippen LogP contribution in [0.4, 0.5) is 5.82 Å². The summed E-state index contributed by atoms with van der Waals surface area (Å²) in [5.41, 5.74) is 3.81. The second-order valence-corrected chi connectivity index (χ2v) is 4.83. The van der Waals surface area contributed by atoms with Gasteiger partial charge in [0.1, 0.15) is 5.82 Å². The van der Waals surface area contributed by atoms with Crippen molar-refractivity contribution in [1.29, 1.82) is 0 Å². The third-order valence-electron chi connectivity index (χ3n) is 3.28. The fourth-order valence-corrected chi connectivity index (χ4v) is 2.31. The number of amides is 1. The van der Waals surface area contributed by atoms with Crippen LogP contribution in [-0.2, 0) is 0 Å². The SMILES string of the molecule is Cc1cc(C(=O)NCCN2CCCC2)cc(NN)n1. The van der Waals surface area contributed by atoms with Gasteiger partial charge < -0.3 is 15.6 Å². The number of nitrogen functional groups attached to an aromatic ring is 1. The molecule has 6 nitrogen and oxygen atoms in total. The highest BCUT2D eigenvalue weighted by molar-refractivity contribution is 5.94. The summed E-state index contributed by atoms with van der Waals surface area (Å²) in [6.45, 7) is 5.71. The normalized spacial score (nSPS) is 15.5. The molecule has 1 aromatic rings. The first-order chi connectivity index (χ1) is 9.19. The van der Waals surface area contributed by atoms with Gasteiger partial charge in [-0.3, -0.25) is 4.79 Å².